The van der Waals surface area contributed by atoms with Crippen LogP contribution in [0.4, 0.5) is 21.5 Å². The van der Waals surface area contributed by atoms with Crippen LogP contribution in [0, 0.1) is 19.7 Å². The lowest BCUT2D eigenvalue weighted by Gasteiger charge is -2.15. The van der Waals surface area contributed by atoms with Crippen molar-refractivity contribution in [2.45, 2.75) is 13.8 Å². The van der Waals surface area contributed by atoms with Crippen LogP contribution in [0.2, 0.25) is 5.02 Å². The van der Waals surface area contributed by atoms with Crippen molar-refractivity contribution in [3.63, 3.8) is 0 Å². The zero-order valence-electron chi connectivity index (χ0n) is 10.5. The standard InChI is InChI=1S/C14H13BrClFN2/c1-7-3-9(15)4-8(2)14(7)19-13-5-10(16)11(17)6-12(13)18/h3-6,19H,18H2,1-2H3. The molecule has 0 aliphatic carbocycles. The maximum Gasteiger partial charge on any atom is 0.143 e. The van der Waals surface area contributed by atoms with E-state index in [2.05, 4.69) is 21.2 Å². The summed E-state index contributed by atoms with van der Waals surface area (Å²) in [5.41, 5.74) is 9.78. The molecule has 0 saturated carbocycles. The third-order valence-electron chi connectivity index (χ3n) is 2.85. The number of anilines is 3. The summed E-state index contributed by atoms with van der Waals surface area (Å²) in [6.07, 6.45) is 0. The Morgan fingerprint density at radius 3 is 2.32 bits per heavy atom. The number of nitrogens with two attached hydrogens (primary N) is 1. The van der Waals surface area contributed by atoms with Gasteiger partial charge in [0.05, 0.1) is 16.4 Å². The SMILES string of the molecule is Cc1cc(Br)cc(C)c1Nc1cc(Cl)c(F)cc1N. The second kappa shape index (κ2) is 5.39. The van der Waals surface area contributed by atoms with Gasteiger partial charge in [-0.05, 0) is 43.2 Å². The Morgan fingerprint density at radius 2 is 1.74 bits per heavy atom. The monoisotopic (exact) mass is 342 g/mol. The molecule has 0 atom stereocenters. The molecule has 0 heterocycles. The number of nitrogen functional groups attached to an aromatic ring is 1. The van der Waals surface area contributed by atoms with Gasteiger partial charge in [0.1, 0.15) is 5.82 Å². The molecule has 0 unspecified atom stereocenters. The predicted molar refractivity (Wildman–Crippen MR) is 82.7 cm³/mol. The Hall–Kier alpha value is -1.26. The smallest absolute Gasteiger partial charge is 0.143 e. The third kappa shape index (κ3) is 3.01. The summed E-state index contributed by atoms with van der Waals surface area (Å²) in [7, 11) is 0. The average molecular weight is 344 g/mol. The molecule has 0 amide bonds. The molecule has 0 aliphatic heterocycles. The van der Waals surface area contributed by atoms with Crippen LogP contribution in [0.3, 0.4) is 0 Å². The molecule has 19 heavy (non-hydrogen) atoms. The Morgan fingerprint density at radius 1 is 1.16 bits per heavy atom. The molecule has 2 rings (SSSR count). The molecule has 3 N–H and O–H groups in total. The molecule has 0 fully saturated rings. The predicted octanol–water partition coefficient (Wildman–Crippen LogP) is 5.18. The zero-order valence-corrected chi connectivity index (χ0v) is 12.9. The molecule has 0 bridgehead atoms. The summed E-state index contributed by atoms with van der Waals surface area (Å²) in [4.78, 5) is 0. The molecule has 0 spiro atoms. The van der Waals surface area contributed by atoms with Gasteiger partial charge < -0.3 is 11.1 Å². The van der Waals surface area contributed by atoms with Gasteiger partial charge >= 0.3 is 0 Å². The number of hydrogen-bond acceptors (Lipinski definition) is 2. The number of hydrogen-bond donors (Lipinski definition) is 2. The van der Waals surface area contributed by atoms with E-state index in [4.69, 9.17) is 17.3 Å². The molecule has 100 valence electrons. The van der Waals surface area contributed by atoms with Crippen molar-refractivity contribution in [1.29, 1.82) is 0 Å². The summed E-state index contributed by atoms with van der Waals surface area (Å²) in [6.45, 7) is 3.98. The Balaban J connectivity index is 2.45. The van der Waals surface area contributed by atoms with Gasteiger partial charge in [0.25, 0.3) is 0 Å². The molecule has 2 aromatic carbocycles. The highest BCUT2D eigenvalue weighted by atomic mass is 79.9. The van der Waals surface area contributed by atoms with E-state index < -0.39 is 5.82 Å². The van der Waals surface area contributed by atoms with Gasteiger partial charge in [0.2, 0.25) is 0 Å². The van der Waals surface area contributed by atoms with Crippen molar-refractivity contribution >= 4 is 44.6 Å². The summed E-state index contributed by atoms with van der Waals surface area (Å²) in [5.74, 6) is -0.519. The van der Waals surface area contributed by atoms with E-state index in [9.17, 15) is 4.39 Å². The first-order valence-corrected chi connectivity index (χ1v) is 6.84. The van der Waals surface area contributed by atoms with Crippen molar-refractivity contribution in [3.8, 4) is 0 Å². The van der Waals surface area contributed by atoms with Crippen molar-refractivity contribution in [2.75, 3.05) is 11.1 Å². The third-order valence-corrected chi connectivity index (χ3v) is 3.60. The van der Waals surface area contributed by atoms with Crippen LogP contribution in [0.5, 0.6) is 0 Å². The van der Waals surface area contributed by atoms with Crippen LogP contribution in [-0.2, 0) is 0 Å². The highest BCUT2D eigenvalue weighted by molar-refractivity contribution is 9.10. The molecule has 0 aliphatic rings. The lowest BCUT2D eigenvalue weighted by molar-refractivity contribution is 0.629. The van der Waals surface area contributed by atoms with E-state index >= 15 is 0 Å². The first kappa shape index (κ1) is 14.2. The minimum absolute atomic E-state index is 0.0455. The van der Waals surface area contributed by atoms with E-state index in [0.29, 0.717) is 11.4 Å². The van der Waals surface area contributed by atoms with Crippen LogP contribution in [-0.4, -0.2) is 0 Å². The Labute approximate surface area is 124 Å². The molecule has 2 aromatic rings. The van der Waals surface area contributed by atoms with Crippen molar-refractivity contribution in [2.24, 2.45) is 0 Å². The zero-order chi connectivity index (χ0) is 14.2. The van der Waals surface area contributed by atoms with Crippen LogP contribution in [0.15, 0.2) is 28.7 Å². The van der Waals surface area contributed by atoms with Crippen LogP contribution in [0.25, 0.3) is 0 Å². The number of rotatable bonds is 2. The van der Waals surface area contributed by atoms with Gasteiger partial charge in [-0.25, -0.2) is 4.39 Å². The average Bonchev–Trinajstić information content (AvgIpc) is 2.29. The molecule has 0 aromatic heterocycles. The van der Waals surface area contributed by atoms with Gasteiger partial charge in [-0.1, -0.05) is 27.5 Å². The first-order valence-electron chi connectivity index (χ1n) is 5.67. The maximum atomic E-state index is 13.3. The molecule has 2 nitrogen and oxygen atoms in total. The maximum absolute atomic E-state index is 13.3. The van der Waals surface area contributed by atoms with E-state index in [0.717, 1.165) is 21.3 Å². The molecule has 0 saturated heterocycles. The van der Waals surface area contributed by atoms with E-state index in [1.807, 2.05) is 26.0 Å². The summed E-state index contributed by atoms with van der Waals surface area (Å²) in [6, 6.07) is 6.70. The normalized spacial score (nSPS) is 10.6. The number of halogens is 3. The summed E-state index contributed by atoms with van der Waals surface area (Å²) < 4.78 is 14.3. The molecular formula is C14H13BrClFN2. The van der Waals surface area contributed by atoms with Crippen molar-refractivity contribution in [3.05, 3.63) is 50.7 Å². The van der Waals surface area contributed by atoms with Crippen molar-refractivity contribution < 1.29 is 4.39 Å². The van der Waals surface area contributed by atoms with Gasteiger partial charge in [0.15, 0.2) is 0 Å². The van der Waals surface area contributed by atoms with Crippen LogP contribution < -0.4 is 11.1 Å². The Kier molecular flexibility index (Phi) is 4.02. The van der Waals surface area contributed by atoms with Gasteiger partial charge in [-0.2, -0.15) is 0 Å². The minimum atomic E-state index is -0.519. The molecular weight excluding hydrogens is 331 g/mol. The van der Waals surface area contributed by atoms with Gasteiger partial charge in [0, 0.05) is 16.2 Å². The topological polar surface area (TPSA) is 38.0 Å². The molecule has 5 heteroatoms. The van der Waals surface area contributed by atoms with Crippen LogP contribution >= 0.6 is 27.5 Å². The lowest BCUT2D eigenvalue weighted by Crippen LogP contribution is -2.01. The number of aryl methyl sites for hydroxylation is 2. The summed E-state index contributed by atoms with van der Waals surface area (Å²) in [5, 5.41) is 3.25. The largest absolute Gasteiger partial charge is 0.397 e. The molecule has 0 radical (unpaired) electrons. The highest BCUT2D eigenvalue weighted by Crippen LogP contribution is 2.32. The number of nitrogens with one attached hydrogen (secondary N) is 1. The van der Waals surface area contributed by atoms with Gasteiger partial charge in [-0.3, -0.25) is 0 Å². The summed E-state index contributed by atoms with van der Waals surface area (Å²) >= 11 is 9.22. The number of benzene rings is 2. The second-order valence-corrected chi connectivity index (χ2v) is 5.72. The van der Waals surface area contributed by atoms with Gasteiger partial charge in [-0.15, -0.1) is 0 Å². The van der Waals surface area contributed by atoms with Crippen LogP contribution in [0.1, 0.15) is 11.1 Å². The lowest BCUT2D eigenvalue weighted by atomic mass is 10.1. The fraction of sp³-hybridized carbons (Fsp3) is 0.143. The van der Waals surface area contributed by atoms with E-state index in [1.54, 1.807) is 0 Å². The first-order chi connectivity index (χ1) is 8.88. The second-order valence-electron chi connectivity index (χ2n) is 4.39. The Bertz CT molecular complexity index is 621. The fourth-order valence-electron chi connectivity index (χ4n) is 1.91. The quantitative estimate of drug-likeness (QED) is 0.737. The fourth-order valence-corrected chi connectivity index (χ4v) is 2.76. The van der Waals surface area contributed by atoms with E-state index in [1.165, 1.54) is 12.1 Å². The minimum Gasteiger partial charge on any atom is -0.397 e. The van der Waals surface area contributed by atoms with E-state index in [-0.39, 0.29) is 5.02 Å². The highest BCUT2D eigenvalue weighted by Gasteiger charge is 2.09. The van der Waals surface area contributed by atoms with Crippen molar-refractivity contribution in [1.82, 2.24) is 0 Å².